The number of halogens is 1. The molecular formula is C26H24BrN3O2S. The number of hydrogen-bond acceptors (Lipinski definition) is 5. The third-order valence-corrected chi connectivity index (χ3v) is 6.85. The highest BCUT2D eigenvalue weighted by Crippen LogP contribution is 2.24. The van der Waals surface area contributed by atoms with Gasteiger partial charge in [-0.2, -0.15) is 21.5 Å². The molecule has 33 heavy (non-hydrogen) atoms. The van der Waals surface area contributed by atoms with Crippen LogP contribution in [0.4, 0.5) is 0 Å². The van der Waals surface area contributed by atoms with E-state index < -0.39 is 0 Å². The number of thioether (sulfide) groups is 1. The lowest BCUT2D eigenvalue weighted by molar-refractivity contribution is 0.322. The smallest absolute Gasteiger partial charge is 0.282 e. The van der Waals surface area contributed by atoms with Crippen LogP contribution < -0.4 is 5.56 Å². The molecule has 4 rings (SSSR count). The summed E-state index contributed by atoms with van der Waals surface area (Å²) < 4.78 is 2.19. The number of hydrogen-bond donors (Lipinski definition) is 1. The minimum atomic E-state index is -0.226. The van der Waals surface area contributed by atoms with Crippen LogP contribution in [0.15, 0.2) is 75.0 Å². The Morgan fingerprint density at radius 1 is 1.09 bits per heavy atom. The summed E-state index contributed by atoms with van der Waals surface area (Å²) in [4.78, 5) is 18.3. The Balaban J connectivity index is 1.85. The molecule has 1 N–H and O–H groups in total. The van der Waals surface area contributed by atoms with Crippen molar-refractivity contribution in [3.63, 3.8) is 0 Å². The summed E-state index contributed by atoms with van der Waals surface area (Å²) in [6.45, 7) is 4.27. The van der Waals surface area contributed by atoms with Gasteiger partial charge in [-0.1, -0.05) is 52.3 Å². The molecule has 7 heteroatoms. The first kappa shape index (κ1) is 23.4. The number of aromatic nitrogens is 2. The Kier molecular flexibility index (Phi) is 7.42. The minimum Gasteiger partial charge on any atom is -0.396 e. The Hall–Kier alpha value is -2.74. The van der Waals surface area contributed by atoms with Crippen LogP contribution in [0.3, 0.4) is 0 Å². The summed E-state index contributed by atoms with van der Waals surface area (Å²) in [5, 5.41) is 14.1. The third-order valence-electron chi connectivity index (χ3n) is 5.35. The molecule has 0 aliphatic carbocycles. The number of benzene rings is 3. The van der Waals surface area contributed by atoms with E-state index in [1.54, 1.807) is 24.0 Å². The zero-order chi connectivity index (χ0) is 23.4. The second-order valence-corrected chi connectivity index (χ2v) is 9.80. The monoisotopic (exact) mass is 521 g/mol. The topological polar surface area (TPSA) is 67.5 Å². The van der Waals surface area contributed by atoms with E-state index in [2.05, 4.69) is 34.9 Å². The average Bonchev–Trinajstić information content (AvgIpc) is 2.81. The fourth-order valence-corrected chi connectivity index (χ4v) is 4.52. The Labute approximate surface area is 205 Å². The van der Waals surface area contributed by atoms with E-state index in [0.29, 0.717) is 22.5 Å². The van der Waals surface area contributed by atoms with Crippen molar-refractivity contribution < 1.29 is 5.11 Å². The van der Waals surface area contributed by atoms with Crippen molar-refractivity contribution in [1.29, 1.82) is 0 Å². The molecule has 0 bridgehead atoms. The van der Waals surface area contributed by atoms with E-state index in [0.717, 1.165) is 26.9 Å². The first-order valence-electron chi connectivity index (χ1n) is 10.6. The molecule has 0 spiro atoms. The van der Waals surface area contributed by atoms with E-state index in [1.807, 2.05) is 54.6 Å². The second-order valence-electron chi connectivity index (χ2n) is 7.78. The number of aryl methyl sites for hydroxylation is 2. The van der Waals surface area contributed by atoms with Gasteiger partial charge >= 0.3 is 0 Å². The maximum atomic E-state index is 13.5. The van der Waals surface area contributed by atoms with Gasteiger partial charge in [-0.25, -0.2) is 4.98 Å². The van der Waals surface area contributed by atoms with Gasteiger partial charge in [0.25, 0.3) is 5.56 Å². The lowest BCUT2D eigenvalue weighted by Gasteiger charge is -2.11. The van der Waals surface area contributed by atoms with Crippen LogP contribution in [0.5, 0.6) is 0 Å². The molecule has 0 unspecified atom stereocenters. The Morgan fingerprint density at radius 3 is 2.73 bits per heavy atom. The van der Waals surface area contributed by atoms with Gasteiger partial charge in [-0.15, -0.1) is 0 Å². The molecule has 0 saturated heterocycles. The predicted molar refractivity (Wildman–Crippen MR) is 141 cm³/mol. The molecule has 0 aliphatic rings. The van der Waals surface area contributed by atoms with Crippen LogP contribution in [0.25, 0.3) is 22.3 Å². The van der Waals surface area contributed by atoms with Gasteiger partial charge in [-0.05, 0) is 60.4 Å². The molecule has 0 fully saturated rings. The van der Waals surface area contributed by atoms with Crippen molar-refractivity contribution in [2.75, 3.05) is 12.4 Å². The standard InChI is InChI=1S/C26H24BrN3O2S/c1-17-6-7-19(12-18(17)2)15-28-30-25(21-5-3-4-20(13-21)16-33-11-10-31)29-24-9-8-22(27)14-23(24)26(30)32/h3-9,12-15,31H,10-11,16H2,1-2H3/b28-15+. The maximum Gasteiger partial charge on any atom is 0.282 e. The Bertz CT molecular complexity index is 1400. The summed E-state index contributed by atoms with van der Waals surface area (Å²) in [6, 6.07) is 19.5. The van der Waals surface area contributed by atoms with E-state index >= 15 is 0 Å². The van der Waals surface area contributed by atoms with Crippen LogP contribution in [0, 0.1) is 13.8 Å². The number of aliphatic hydroxyl groups is 1. The summed E-state index contributed by atoms with van der Waals surface area (Å²) in [6.07, 6.45) is 1.70. The maximum absolute atomic E-state index is 13.5. The van der Waals surface area contributed by atoms with Crippen LogP contribution in [-0.4, -0.2) is 33.3 Å². The number of nitrogens with zero attached hydrogens (tertiary/aromatic N) is 3. The summed E-state index contributed by atoms with van der Waals surface area (Å²) in [5.41, 5.74) is 5.60. The van der Waals surface area contributed by atoms with E-state index in [9.17, 15) is 4.79 Å². The molecule has 0 amide bonds. The first-order valence-corrected chi connectivity index (χ1v) is 12.5. The van der Waals surface area contributed by atoms with Crippen molar-refractivity contribution >= 4 is 44.8 Å². The number of rotatable bonds is 7. The third kappa shape index (κ3) is 5.43. The van der Waals surface area contributed by atoms with Crippen molar-refractivity contribution in [1.82, 2.24) is 9.66 Å². The van der Waals surface area contributed by atoms with Gasteiger partial charge in [0.1, 0.15) is 0 Å². The van der Waals surface area contributed by atoms with Gasteiger partial charge in [0.2, 0.25) is 0 Å². The van der Waals surface area contributed by atoms with Crippen LogP contribution in [-0.2, 0) is 5.75 Å². The molecule has 3 aromatic carbocycles. The molecule has 5 nitrogen and oxygen atoms in total. The van der Waals surface area contributed by atoms with Crippen molar-refractivity contribution in [2.24, 2.45) is 5.10 Å². The molecule has 0 aliphatic heterocycles. The van der Waals surface area contributed by atoms with E-state index in [1.165, 1.54) is 15.8 Å². The van der Waals surface area contributed by atoms with Crippen molar-refractivity contribution in [3.05, 3.63) is 97.7 Å². The molecular weight excluding hydrogens is 498 g/mol. The molecule has 4 aromatic rings. The van der Waals surface area contributed by atoms with E-state index in [-0.39, 0.29) is 12.2 Å². The van der Waals surface area contributed by atoms with Crippen molar-refractivity contribution in [2.45, 2.75) is 19.6 Å². The molecule has 1 aromatic heterocycles. The number of fused-ring (bicyclic) bond motifs is 1. The quantitative estimate of drug-likeness (QED) is 0.255. The van der Waals surface area contributed by atoms with Gasteiger partial charge in [0, 0.05) is 21.5 Å². The first-order chi connectivity index (χ1) is 16.0. The molecule has 0 atom stereocenters. The second kappa shape index (κ2) is 10.5. The number of aliphatic hydroxyl groups excluding tert-OH is 1. The van der Waals surface area contributed by atoms with Gasteiger partial charge in [0.05, 0.1) is 23.7 Å². The van der Waals surface area contributed by atoms with Crippen molar-refractivity contribution in [3.8, 4) is 11.4 Å². The zero-order valence-electron chi connectivity index (χ0n) is 18.5. The lowest BCUT2D eigenvalue weighted by atomic mass is 10.1. The SMILES string of the molecule is Cc1ccc(/C=N/n2c(-c3cccc(CSCCO)c3)nc3ccc(Br)cc3c2=O)cc1C. The zero-order valence-corrected chi connectivity index (χ0v) is 20.9. The van der Waals surface area contributed by atoms with E-state index in [4.69, 9.17) is 10.1 Å². The van der Waals surface area contributed by atoms with Gasteiger partial charge < -0.3 is 5.11 Å². The largest absolute Gasteiger partial charge is 0.396 e. The van der Waals surface area contributed by atoms with Gasteiger partial charge in [-0.3, -0.25) is 4.79 Å². The van der Waals surface area contributed by atoms with Gasteiger partial charge in [0.15, 0.2) is 5.82 Å². The summed E-state index contributed by atoms with van der Waals surface area (Å²) in [7, 11) is 0. The highest BCUT2D eigenvalue weighted by molar-refractivity contribution is 9.10. The fourth-order valence-electron chi connectivity index (χ4n) is 3.47. The fraction of sp³-hybridized carbons (Fsp3) is 0.192. The highest BCUT2D eigenvalue weighted by Gasteiger charge is 2.13. The molecule has 1 heterocycles. The lowest BCUT2D eigenvalue weighted by Crippen LogP contribution is -2.20. The summed E-state index contributed by atoms with van der Waals surface area (Å²) in [5.74, 6) is 1.94. The normalized spacial score (nSPS) is 11.5. The highest BCUT2D eigenvalue weighted by atomic mass is 79.9. The van der Waals surface area contributed by atoms with Crippen LogP contribution in [0.1, 0.15) is 22.3 Å². The average molecular weight is 522 g/mol. The molecule has 0 saturated carbocycles. The van der Waals surface area contributed by atoms with Crippen LogP contribution in [0.2, 0.25) is 0 Å². The molecule has 168 valence electrons. The summed E-state index contributed by atoms with van der Waals surface area (Å²) >= 11 is 5.11. The Morgan fingerprint density at radius 2 is 1.94 bits per heavy atom. The van der Waals surface area contributed by atoms with Crippen LogP contribution >= 0.6 is 27.7 Å². The molecule has 0 radical (unpaired) electrons. The minimum absolute atomic E-state index is 0.152. The predicted octanol–water partition coefficient (Wildman–Crippen LogP) is 5.55.